The van der Waals surface area contributed by atoms with E-state index < -0.39 is 0 Å². The third kappa shape index (κ3) is 2.80. The van der Waals surface area contributed by atoms with Crippen molar-refractivity contribution >= 4 is 0 Å². The van der Waals surface area contributed by atoms with Crippen LogP contribution in [0.25, 0.3) is 0 Å². The molecule has 0 aliphatic heterocycles. The third-order valence-electron chi connectivity index (χ3n) is 3.38. The van der Waals surface area contributed by atoms with Crippen molar-refractivity contribution in [2.75, 3.05) is 0 Å². The quantitative estimate of drug-likeness (QED) is 0.594. The molecule has 1 aliphatic carbocycles. The largest absolute Gasteiger partial charge is 0.271 e. The van der Waals surface area contributed by atoms with E-state index in [2.05, 4.69) is 5.43 Å². The third-order valence-corrected chi connectivity index (χ3v) is 3.38. The molecular formula is C13H19FN2. The van der Waals surface area contributed by atoms with Gasteiger partial charge < -0.3 is 0 Å². The minimum atomic E-state index is -0.188. The van der Waals surface area contributed by atoms with Crippen LogP contribution in [-0.2, 0) is 0 Å². The average molecular weight is 222 g/mol. The van der Waals surface area contributed by atoms with Gasteiger partial charge in [-0.1, -0.05) is 18.9 Å². The Bertz CT molecular complexity index is 361. The first kappa shape index (κ1) is 11.6. The molecule has 0 heterocycles. The Hall–Kier alpha value is -0.930. The molecule has 3 N–H and O–H groups in total. The Kier molecular flexibility index (Phi) is 3.56. The minimum Gasteiger partial charge on any atom is -0.271 e. The molecule has 88 valence electrons. The second kappa shape index (κ2) is 4.93. The van der Waals surface area contributed by atoms with Gasteiger partial charge >= 0.3 is 0 Å². The molecular weight excluding hydrogens is 203 g/mol. The molecule has 0 saturated heterocycles. The van der Waals surface area contributed by atoms with Gasteiger partial charge in [-0.05, 0) is 48.9 Å². The molecule has 1 aliphatic rings. The number of halogens is 1. The maximum atomic E-state index is 13.2. The van der Waals surface area contributed by atoms with Gasteiger partial charge in [0.15, 0.2) is 0 Å². The summed E-state index contributed by atoms with van der Waals surface area (Å²) in [6.07, 6.45) is 4.87. The molecule has 1 unspecified atom stereocenters. The summed E-state index contributed by atoms with van der Waals surface area (Å²) in [5, 5.41) is 0. The van der Waals surface area contributed by atoms with Crippen LogP contribution in [0.4, 0.5) is 4.39 Å². The number of benzene rings is 1. The van der Waals surface area contributed by atoms with Crippen LogP contribution in [0.5, 0.6) is 0 Å². The van der Waals surface area contributed by atoms with Gasteiger partial charge in [0.2, 0.25) is 0 Å². The summed E-state index contributed by atoms with van der Waals surface area (Å²) in [5.41, 5.74) is 4.89. The van der Waals surface area contributed by atoms with Crippen LogP contribution in [0.15, 0.2) is 18.2 Å². The lowest BCUT2D eigenvalue weighted by molar-refractivity contribution is 0.477. The molecule has 16 heavy (non-hydrogen) atoms. The normalized spacial score (nSPS) is 17.4. The number of nitrogens with two attached hydrogens (primary N) is 1. The Labute approximate surface area is 96.0 Å². The summed E-state index contributed by atoms with van der Waals surface area (Å²) in [6, 6.07) is 4.97. The van der Waals surface area contributed by atoms with E-state index in [0.717, 1.165) is 23.5 Å². The molecule has 1 atom stereocenters. The zero-order valence-electron chi connectivity index (χ0n) is 9.67. The van der Waals surface area contributed by atoms with Gasteiger partial charge in [0, 0.05) is 6.04 Å². The van der Waals surface area contributed by atoms with Crippen molar-refractivity contribution in [1.29, 1.82) is 0 Å². The molecule has 2 rings (SSSR count). The number of nitrogens with one attached hydrogen (secondary N) is 1. The minimum absolute atomic E-state index is 0.0799. The van der Waals surface area contributed by atoms with Gasteiger partial charge in [-0.25, -0.2) is 4.39 Å². The first-order valence-corrected chi connectivity index (χ1v) is 5.93. The van der Waals surface area contributed by atoms with Crippen molar-refractivity contribution in [3.8, 4) is 0 Å². The first-order chi connectivity index (χ1) is 7.70. The predicted octanol–water partition coefficient (Wildman–Crippen LogP) is 2.83. The van der Waals surface area contributed by atoms with Gasteiger partial charge in [-0.3, -0.25) is 11.3 Å². The molecule has 0 spiro atoms. The van der Waals surface area contributed by atoms with Crippen molar-refractivity contribution in [2.45, 2.75) is 38.6 Å². The summed E-state index contributed by atoms with van der Waals surface area (Å²) in [4.78, 5) is 0. The highest BCUT2D eigenvalue weighted by Gasteiger charge is 2.23. The van der Waals surface area contributed by atoms with E-state index >= 15 is 0 Å². The summed E-state index contributed by atoms with van der Waals surface area (Å²) in [7, 11) is 0. The zero-order chi connectivity index (χ0) is 11.5. The lowest BCUT2D eigenvalue weighted by atomic mass is 9.97. The number of aryl methyl sites for hydroxylation is 1. The Morgan fingerprint density at radius 3 is 2.88 bits per heavy atom. The summed E-state index contributed by atoms with van der Waals surface area (Å²) in [5.74, 6) is 6.25. The van der Waals surface area contributed by atoms with Gasteiger partial charge in [0.25, 0.3) is 0 Å². The van der Waals surface area contributed by atoms with E-state index in [9.17, 15) is 4.39 Å². The molecule has 2 nitrogen and oxygen atoms in total. The van der Waals surface area contributed by atoms with E-state index in [1.165, 1.54) is 25.3 Å². The van der Waals surface area contributed by atoms with Gasteiger partial charge in [0.05, 0.1) is 0 Å². The van der Waals surface area contributed by atoms with Crippen LogP contribution in [-0.4, -0.2) is 0 Å². The molecule has 1 aromatic carbocycles. The molecule has 1 fully saturated rings. The van der Waals surface area contributed by atoms with Crippen LogP contribution in [0.3, 0.4) is 0 Å². The van der Waals surface area contributed by atoms with Crippen molar-refractivity contribution in [1.82, 2.24) is 5.43 Å². The first-order valence-electron chi connectivity index (χ1n) is 5.93. The van der Waals surface area contributed by atoms with E-state index in [4.69, 9.17) is 5.84 Å². The second-order valence-electron chi connectivity index (χ2n) is 4.74. The maximum Gasteiger partial charge on any atom is 0.123 e. The van der Waals surface area contributed by atoms with Crippen LogP contribution in [0.1, 0.15) is 42.9 Å². The lowest BCUT2D eigenvalue weighted by Crippen LogP contribution is -2.28. The highest BCUT2D eigenvalue weighted by atomic mass is 19.1. The second-order valence-corrected chi connectivity index (χ2v) is 4.74. The van der Waals surface area contributed by atoms with Crippen LogP contribution in [0.2, 0.25) is 0 Å². The molecule has 1 aromatic rings. The van der Waals surface area contributed by atoms with E-state index in [1.807, 2.05) is 13.0 Å². The van der Waals surface area contributed by atoms with Gasteiger partial charge in [0.1, 0.15) is 5.82 Å². The van der Waals surface area contributed by atoms with Crippen molar-refractivity contribution in [2.24, 2.45) is 11.8 Å². The van der Waals surface area contributed by atoms with E-state index in [1.54, 1.807) is 6.07 Å². The number of hydrogen-bond acceptors (Lipinski definition) is 2. The zero-order valence-corrected chi connectivity index (χ0v) is 9.67. The fourth-order valence-corrected chi connectivity index (χ4v) is 2.12. The van der Waals surface area contributed by atoms with E-state index in [-0.39, 0.29) is 11.9 Å². The molecule has 0 bridgehead atoms. The molecule has 3 heteroatoms. The average Bonchev–Trinajstić information content (AvgIpc) is 3.07. The Balaban J connectivity index is 2.07. The maximum absolute atomic E-state index is 13.2. The van der Waals surface area contributed by atoms with Crippen LogP contribution < -0.4 is 11.3 Å². The fraction of sp³-hybridized carbons (Fsp3) is 0.538. The van der Waals surface area contributed by atoms with Crippen LogP contribution in [0, 0.1) is 18.7 Å². The standard InChI is InChI=1S/C13H19FN2/c1-9-2-6-11(14)8-12(9)13(16-15)7-5-10-3-4-10/h2,6,8,10,13,16H,3-5,7,15H2,1H3. The molecule has 0 aromatic heterocycles. The number of rotatable bonds is 5. The number of hydrazine groups is 1. The summed E-state index contributed by atoms with van der Waals surface area (Å²) in [6.45, 7) is 2.00. The van der Waals surface area contributed by atoms with Gasteiger partial charge in [-0.15, -0.1) is 0 Å². The summed E-state index contributed by atoms with van der Waals surface area (Å²) < 4.78 is 13.2. The van der Waals surface area contributed by atoms with Gasteiger partial charge in [-0.2, -0.15) is 0 Å². The van der Waals surface area contributed by atoms with E-state index in [0.29, 0.717) is 0 Å². The highest BCUT2D eigenvalue weighted by molar-refractivity contribution is 5.29. The van der Waals surface area contributed by atoms with Crippen LogP contribution >= 0.6 is 0 Å². The molecule has 0 amide bonds. The SMILES string of the molecule is Cc1ccc(F)cc1C(CCC1CC1)NN. The Morgan fingerprint density at radius 2 is 2.25 bits per heavy atom. The predicted molar refractivity (Wildman–Crippen MR) is 63.2 cm³/mol. The van der Waals surface area contributed by atoms with Crippen molar-refractivity contribution < 1.29 is 4.39 Å². The summed E-state index contributed by atoms with van der Waals surface area (Å²) >= 11 is 0. The fourth-order valence-electron chi connectivity index (χ4n) is 2.12. The number of hydrogen-bond donors (Lipinski definition) is 2. The van der Waals surface area contributed by atoms with Crippen molar-refractivity contribution in [3.63, 3.8) is 0 Å². The molecule has 1 saturated carbocycles. The van der Waals surface area contributed by atoms with Crippen molar-refractivity contribution in [3.05, 3.63) is 35.1 Å². The monoisotopic (exact) mass is 222 g/mol. The topological polar surface area (TPSA) is 38.0 Å². The highest BCUT2D eigenvalue weighted by Crippen LogP contribution is 2.36. The lowest BCUT2D eigenvalue weighted by Gasteiger charge is -2.18. The molecule has 0 radical (unpaired) electrons. The smallest absolute Gasteiger partial charge is 0.123 e. The Morgan fingerprint density at radius 1 is 1.50 bits per heavy atom.